The van der Waals surface area contributed by atoms with Crippen molar-refractivity contribution in [3.63, 3.8) is 0 Å². The highest BCUT2D eigenvalue weighted by Gasteiger charge is 2.77. The Labute approximate surface area is 214 Å². The van der Waals surface area contributed by atoms with Gasteiger partial charge in [-0.15, -0.1) is 24.9 Å². The fourth-order valence-electron chi connectivity index (χ4n) is 6.39. The van der Waals surface area contributed by atoms with Crippen LogP contribution in [0.5, 0.6) is 0 Å². The van der Waals surface area contributed by atoms with Gasteiger partial charge >= 0.3 is 5.97 Å². The fraction of sp³-hybridized carbons (Fsp3) is 0.741. The predicted molar refractivity (Wildman–Crippen MR) is 139 cm³/mol. The summed E-state index contributed by atoms with van der Waals surface area (Å²) in [4.78, 5) is 45.0. The largest absolute Gasteiger partial charge is 0.465 e. The number of fused-ring (bicyclic) bond motifs is 1. The maximum Gasteiger partial charge on any atom is 0.311 e. The lowest BCUT2D eigenvalue weighted by Crippen LogP contribution is -2.56. The molecule has 35 heavy (non-hydrogen) atoms. The zero-order valence-electron chi connectivity index (χ0n) is 21.5. The topological polar surface area (TPSA) is 87.1 Å². The molecule has 0 radical (unpaired) electrons. The number of nitrogens with zero attached hydrogens (tertiary/aromatic N) is 2. The maximum absolute atomic E-state index is 14.2. The first-order valence-corrected chi connectivity index (χ1v) is 13.8. The van der Waals surface area contributed by atoms with Crippen molar-refractivity contribution in [1.82, 2.24) is 9.80 Å². The number of allylic oxidation sites excluding steroid dienone is 1. The second-order valence-electron chi connectivity index (χ2n) is 10.4. The van der Waals surface area contributed by atoms with Gasteiger partial charge in [0.1, 0.15) is 6.04 Å². The molecule has 3 saturated heterocycles. The Morgan fingerprint density at radius 3 is 2.69 bits per heavy atom. The van der Waals surface area contributed by atoms with Gasteiger partial charge in [-0.2, -0.15) is 0 Å². The van der Waals surface area contributed by atoms with Crippen molar-refractivity contribution in [1.29, 1.82) is 0 Å². The Bertz CT molecular complexity index is 834. The zero-order chi connectivity index (χ0) is 25.8. The summed E-state index contributed by atoms with van der Waals surface area (Å²) in [5, 5.41) is 9.51. The quantitative estimate of drug-likeness (QED) is 0.220. The number of hydrogen-bond donors (Lipinski definition) is 1. The van der Waals surface area contributed by atoms with Gasteiger partial charge in [-0.05, 0) is 52.4 Å². The van der Waals surface area contributed by atoms with E-state index in [4.69, 9.17) is 4.74 Å². The van der Waals surface area contributed by atoms with E-state index in [1.807, 2.05) is 11.8 Å². The van der Waals surface area contributed by atoms with Gasteiger partial charge in [0.2, 0.25) is 11.8 Å². The number of hydrogen-bond acceptors (Lipinski definition) is 6. The number of esters is 1. The van der Waals surface area contributed by atoms with Crippen molar-refractivity contribution in [3.05, 3.63) is 25.3 Å². The Kier molecular flexibility index (Phi) is 9.13. The fourth-order valence-corrected chi connectivity index (χ4v) is 8.73. The predicted octanol–water partition coefficient (Wildman–Crippen LogP) is 3.56. The van der Waals surface area contributed by atoms with Gasteiger partial charge in [0.15, 0.2) is 0 Å². The third-order valence-corrected chi connectivity index (χ3v) is 9.95. The van der Waals surface area contributed by atoms with Gasteiger partial charge in [0, 0.05) is 30.5 Å². The molecule has 0 aliphatic carbocycles. The second kappa shape index (κ2) is 11.5. The van der Waals surface area contributed by atoms with Crippen LogP contribution >= 0.6 is 11.8 Å². The molecule has 1 N–H and O–H groups in total. The summed E-state index contributed by atoms with van der Waals surface area (Å²) >= 11 is 1.65. The minimum absolute atomic E-state index is 0.0144. The molecule has 2 amide bonds. The van der Waals surface area contributed by atoms with E-state index in [1.165, 1.54) is 0 Å². The van der Waals surface area contributed by atoms with Crippen molar-refractivity contribution in [3.8, 4) is 0 Å². The molecule has 3 aliphatic heterocycles. The number of unbranched alkanes of at least 4 members (excludes halogenated alkanes) is 1. The highest BCUT2D eigenvalue weighted by molar-refractivity contribution is 8.02. The van der Waals surface area contributed by atoms with Gasteiger partial charge in [0.05, 0.1) is 23.2 Å². The van der Waals surface area contributed by atoms with Crippen LogP contribution in [0.25, 0.3) is 0 Å². The molecule has 3 fully saturated rings. The standard InChI is InChI=1S/C27H42N2O5S/c1-6-9-10-18-34-25(33)21-20-23(31)29(16-11-17-30)22(27(20)14-13-26(21,5)35-27)24(32)28(15-8-3)19(4)12-7-2/h6,8,19-22,30H,1,3,7,9-18H2,2,4-5H3/t19?,20-,21+,22?,26-,27?/m0/s1. The van der Waals surface area contributed by atoms with E-state index in [-0.39, 0.29) is 30.4 Å². The maximum atomic E-state index is 14.2. The van der Waals surface area contributed by atoms with E-state index in [2.05, 4.69) is 27.0 Å². The van der Waals surface area contributed by atoms with Crippen molar-refractivity contribution < 1.29 is 24.2 Å². The minimum atomic E-state index is -0.658. The lowest BCUT2D eigenvalue weighted by Gasteiger charge is -2.39. The number of amides is 2. The second-order valence-corrected chi connectivity index (χ2v) is 12.2. The molecule has 0 aromatic carbocycles. The lowest BCUT2D eigenvalue weighted by molar-refractivity contribution is -0.155. The first-order chi connectivity index (χ1) is 16.7. The van der Waals surface area contributed by atoms with Crippen molar-refractivity contribution >= 4 is 29.5 Å². The van der Waals surface area contributed by atoms with E-state index in [0.717, 1.165) is 25.7 Å². The van der Waals surface area contributed by atoms with Crippen LogP contribution in [0.3, 0.4) is 0 Å². The molecule has 6 atom stereocenters. The minimum Gasteiger partial charge on any atom is -0.465 e. The highest BCUT2D eigenvalue weighted by Crippen LogP contribution is 2.71. The smallest absolute Gasteiger partial charge is 0.311 e. The first kappa shape index (κ1) is 27.8. The lowest BCUT2D eigenvalue weighted by atomic mass is 9.66. The monoisotopic (exact) mass is 506 g/mol. The summed E-state index contributed by atoms with van der Waals surface area (Å²) in [6.07, 6.45) is 8.65. The number of thioether (sulfide) groups is 1. The molecule has 3 unspecified atom stereocenters. The molecule has 8 heteroatoms. The van der Waals surface area contributed by atoms with Crippen molar-refractivity contribution in [2.24, 2.45) is 11.8 Å². The summed E-state index contributed by atoms with van der Waals surface area (Å²) in [5.74, 6) is -1.72. The summed E-state index contributed by atoms with van der Waals surface area (Å²) in [6, 6.07) is -0.642. The Hall–Kier alpha value is -1.80. The molecule has 3 heterocycles. The number of carbonyl (C=O) groups excluding carboxylic acids is 3. The molecule has 0 saturated carbocycles. The third-order valence-electron chi connectivity index (χ3n) is 7.97. The Balaban J connectivity index is 1.98. The van der Waals surface area contributed by atoms with Crippen LogP contribution in [-0.2, 0) is 19.1 Å². The molecular formula is C27H42N2O5S. The summed E-state index contributed by atoms with van der Waals surface area (Å²) in [6.45, 7) is 14.7. The summed E-state index contributed by atoms with van der Waals surface area (Å²) in [7, 11) is 0. The Morgan fingerprint density at radius 1 is 1.31 bits per heavy atom. The molecule has 1 spiro atoms. The van der Waals surface area contributed by atoms with E-state index >= 15 is 0 Å². The van der Waals surface area contributed by atoms with Crippen LogP contribution in [0.1, 0.15) is 65.7 Å². The summed E-state index contributed by atoms with van der Waals surface area (Å²) in [5.41, 5.74) is 0. The van der Waals surface area contributed by atoms with Gasteiger partial charge in [-0.25, -0.2) is 0 Å². The molecule has 3 aliphatic rings. The number of rotatable bonds is 14. The third kappa shape index (κ3) is 4.93. The van der Waals surface area contributed by atoms with E-state index < -0.39 is 27.4 Å². The zero-order valence-corrected chi connectivity index (χ0v) is 22.4. The normalized spacial score (nSPS) is 31.8. The molecule has 2 bridgehead atoms. The molecule has 3 rings (SSSR count). The molecule has 196 valence electrons. The Morgan fingerprint density at radius 2 is 2.06 bits per heavy atom. The van der Waals surface area contributed by atoms with E-state index in [1.54, 1.807) is 28.8 Å². The summed E-state index contributed by atoms with van der Waals surface area (Å²) < 4.78 is 4.55. The van der Waals surface area contributed by atoms with E-state index in [9.17, 15) is 19.5 Å². The molecule has 0 aromatic rings. The number of aliphatic hydroxyl groups excluding tert-OH is 1. The molecule has 7 nitrogen and oxygen atoms in total. The highest BCUT2D eigenvalue weighted by atomic mass is 32.2. The molecular weight excluding hydrogens is 464 g/mol. The number of likely N-dealkylation sites (tertiary alicyclic amines) is 1. The SMILES string of the molecule is C=CCCCOC(=O)[C@H]1[C@H]2C(=O)N(CCCO)C(C(=O)N(CC=C)C(C)CCC)C23CC[C@]1(C)S3. The first-order valence-electron chi connectivity index (χ1n) is 13.0. The average molecular weight is 507 g/mol. The van der Waals surface area contributed by atoms with Crippen LogP contribution in [0.4, 0.5) is 0 Å². The number of aliphatic hydroxyl groups is 1. The van der Waals surface area contributed by atoms with E-state index in [0.29, 0.717) is 39.0 Å². The number of carbonyl (C=O) groups is 3. The van der Waals surface area contributed by atoms with Gasteiger partial charge in [0.25, 0.3) is 0 Å². The average Bonchev–Trinajstić information content (AvgIpc) is 3.39. The van der Waals surface area contributed by atoms with Crippen LogP contribution in [-0.4, -0.2) is 80.6 Å². The van der Waals surface area contributed by atoms with Crippen LogP contribution in [0, 0.1) is 11.8 Å². The van der Waals surface area contributed by atoms with Crippen LogP contribution < -0.4 is 0 Å². The molecule has 0 aromatic heterocycles. The van der Waals surface area contributed by atoms with Crippen LogP contribution in [0.15, 0.2) is 25.3 Å². The number of ether oxygens (including phenoxy) is 1. The van der Waals surface area contributed by atoms with Gasteiger partial charge in [-0.1, -0.05) is 25.5 Å². The van der Waals surface area contributed by atoms with Gasteiger partial charge < -0.3 is 19.6 Å². The van der Waals surface area contributed by atoms with Crippen LogP contribution in [0.2, 0.25) is 0 Å². The van der Waals surface area contributed by atoms with Crippen molar-refractivity contribution in [2.75, 3.05) is 26.3 Å². The van der Waals surface area contributed by atoms with Crippen molar-refractivity contribution in [2.45, 2.75) is 87.3 Å². The van der Waals surface area contributed by atoms with Gasteiger partial charge in [-0.3, -0.25) is 14.4 Å².